The lowest BCUT2D eigenvalue weighted by Gasteiger charge is -2.03. The zero-order valence-corrected chi connectivity index (χ0v) is 10.3. The van der Waals surface area contributed by atoms with Gasteiger partial charge in [0, 0.05) is 11.3 Å². The lowest BCUT2D eigenvalue weighted by Crippen LogP contribution is -2.21. The van der Waals surface area contributed by atoms with Crippen LogP contribution < -0.4 is 15.9 Å². The summed E-state index contributed by atoms with van der Waals surface area (Å²) in [6.07, 6.45) is 0.0168. The first-order chi connectivity index (χ1) is 8.52. The van der Waals surface area contributed by atoms with E-state index in [2.05, 4.69) is 10.5 Å². The number of methoxy groups -OCH3 is 1. The van der Waals surface area contributed by atoms with E-state index >= 15 is 0 Å². The number of amides is 2. The molecule has 0 saturated heterocycles. The van der Waals surface area contributed by atoms with Gasteiger partial charge in [-0.1, -0.05) is 0 Å². The molecule has 0 saturated carbocycles. The van der Waals surface area contributed by atoms with E-state index in [0.717, 1.165) is 0 Å². The molecule has 0 atom stereocenters. The fourth-order valence-corrected chi connectivity index (χ4v) is 1.24. The van der Waals surface area contributed by atoms with Crippen LogP contribution >= 0.6 is 0 Å². The maximum Gasteiger partial charge on any atom is 0.271 e. The van der Waals surface area contributed by atoms with E-state index in [1.165, 1.54) is 0 Å². The normalized spacial score (nSPS) is 10.9. The number of nitrogens with two attached hydrogens (primary N) is 1. The van der Waals surface area contributed by atoms with Gasteiger partial charge in [-0.3, -0.25) is 9.59 Å². The Morgan fingerprint density at radius 3 is 2.44 bits per heavy atom. The molecule has 0 aliphatic heterocycles. The number of hydrogen-bond donors (Lipinski definition) is 2. The SMILES string of the molecule is COc1ccc(C(=O)NN=C(C)CC(N)=O)cc1. The summed E-state index contributed by atoms with van der Waals surface area (Å²) in [6, 6.07) is 6.59. The number of nitrogens with one attached hydrogen (secondary N) is 1. The molecule has 96 valence electrons. The zero-order chi connectivity index (χ0) is 13.5. The van der Waals surface area contributed by atoms with E-state index in [4.69, 9.17) is 10.5 Å². The van der Waals surface area contributed by atoms with Gasteiger partial charge >= 0.3 is 0 Å². The molecule has 0 unspecified atom stereocenters. The molecular formula is C12H15N3O3. The summed E-state index contributed by atoms with van der Waals surface area (Å²) in [5.74, 6) is -0.184. The van der Waals surface area contributed by atoms with Crippen molar-refractivity contribution < 1.29 is 14.3 Å². The lowest BCUT2D eigenvalue weighted by molar-refractivity contribution is -0.116. The summed E-state index contributed by atoms with van der Waals surface area (Å²) in [7, 11) is 1.55. The molecule has 0 bridgehead atoms. The Morgan fingerprint density at radius 2 is 1.94 bits per heavy atom. The van der Waals surface area contributed by atoms with Crippen LogP contribution in [-0.4, -0.2) is 24.6 Å². The molecule has 0 aliphatic carbocycles. The number of nitrogens with zero attached hydrogens (tertiary/aromatic N) is 1. The monoisotopic (exact) mass is 249 g/mol. The smallest absolute Gasteiger partial charge is 0.271 e. The lowest BCUT2D eigenvalue weighted by atomic mass is 10.2. The van der Waals surface area contributed by atoms with Crippen molar-refractivity contribution in [2.24, 2.45) is 10.8 Å². The number of carbonyl (C=O) groups excluding carboxylic acids is 2. The van der Waals surface area contributed by atoms with E-state index in [1.54, 1.807) is 38.3 Å². The van der Waals surface area contributed by atoms with Crippen molar-refractivity contribution in [3.05, 3.63) is 29.8 Å². The summed E-state index contributed by atoms with van der Waals surface area (Å²) >= 11 is 0. The molecule has 1 aromatic rings. The number of benzene rings is 1. The van der Waals surface area contributed by atoms with Crippen LogP contribution in [0.1, 0.15) is 23.7 Å². The van der Waals surface area contributed by atoms with Crippen molar-refractivity contribution in [1.82, 2.24) is 5.43 Å². The number of hydrogen-bond acceptors (Lipinski definition) is 4. The Balaban J connectivity index is 2.62. The molecule has 6 heteroatoms. The van der Waals surface area contributed by atoms with Crippen molar-refractivity contribution in [3.63, 3.8) is 0 Å². The minimum atomic E-state index is -0.491. The van der Waals surface area contributed by atoms with Crippen molar-refractivity contribution in [2.45, 2.75) is 13.3 Å². The van der Waals surface area contributed by atoms with Gasteiger partial charge in [0.05, 0.1) is 13.5 Å². The van der Waals surface area contributed by atoms with Crippen LogP contribution in [0.15, 0.2) is 29.4 Å². The molecule has 0 heterocycles. The first kappa shape index (κ1) is 13.7. The average molecular weight is 249 g/mol. The number of rotatable bonds is 5. The minimum Gasteiger partial charge on any atom is -0.497 e. The van der Waals surface area contributed by atoms with Gasteiger partial charge in [0.1, 0.15) is 5.75 Å². The Labute approximate surface area is 105 Å². The Hall–Kier alpha value is -2.37. The summed E-state index contributed by atoms with van der Waals surface area (Å²) in [6.45, 7) is 1.61. The molecule has 0 aliphatic rings. The summed E-state index contributed by atoms with van der Waals surface area (Å²) in [5, 5.41) is 3.77. The first-order valence-corrected chi connectivity index (χ1v) is 5.28. The molecular weight excluding hydrogens is 234 g/mol. The number of hydrazone groups is 1. The minimum absolute atomic E-state index is 0.0168. The van der Waals surface area contributed by atoms with E-state index in [-0.39, 0.29) is 12.3 Å². The van der Waals surface area contributed by atoms with Gasteiger partial charge in [-0.25, -0.2) is 5.43 Å². The molecule has 0 radical (unpaired) electrons. The highest BCUT2D eigenvalue weighted by molar-refractivity contribution is 6.00. The maximum absolute atomic E-state index is 11.7. The molecule has 2 amide bonds. The predicted molar refractivity (Wildman–Crippen MR) is 67.4 cm³/mol. The van der Waals surface area contributed by atoms with E-state index in [1.807, 2.05) is 0 Å². The highest BCUT2D eigenvalue weighted by atomic mass is 16.5. The van der Waals surface area contributed by atoms with Crippen LogP contribution in [0.4, 0.5) is 0 Å². The van der Waals surface area contributed by atoms with E-state index in [9.17, 15) is 9.59 Å². The van der Waals surface area contributed by atoms with Crippen molar-refractivity contribution in [1.29, 1.82) is 0 Å². The van der Waals surface area contributed by atoms with Gasteiger partial charge in [-0.2, -0.15) is 5.10 Å². The second-order valence-corrected chi connectivity index (χ2v) is 3.66. The second-order valence-electron chi connectivity index (χ2n) is 3.66. The summed E-state index contributed by atoms with van der Waals surface area (Å²) in [4.78, 5) is 22.3. The van der Waals surface area contributed by atoms with Gasteiger partial charge in [0.25, 0.3) is 5.91 Å². The number of ether oxygens (including phenoxy) is 1. The molecule has 1 rings (SSSR count). The Morgan fingerprint density at radius 1 is 1.33 bits per heavy atom. The largest absolute Gasteiger partial charge is 0.497 e. The number of primary amides is 1. The molecule has 1 aromatic carbocycles. The Kier molecular flexibility index (Phi) is 4.86. The fraction of sp³-hybridized carbons (Fsp3) is 0.250. The van der Waals surface area contributed by atoms with Gasteiger partial charge < -0.3 is 10.5 Å². The van der Waals surface area contributed by atoms with Crippen LogP contribution in [0.5, 0.6) is 5.75 Å². The highest BCUT2D eigenvalue weighted by Crippen LogP contribution is 2.10. The van der Waals surface area contributed by atoms with Crippen molar-refractivity contribution >= 4 is 17.5 Å². The molecule has 6 nitrogen and oxygen atoms in total. The van der Waals surface area contributed by atoms with Gasteiger partial charge in [-0.15, -0.1) is 0 Å². The number of carbonyl (C=O) groups is 2. The zero-order valence-electron chi connectivity index (χ0n) is 10.3. The van der Waals surface area contributed by atoms with Crippen LogP contribution in [0.25, 0.3) is 0 Å². The van der Waals surface area contributed by atoms with Crippen molar-refractivity contribution in [2.75, 3.05) is 7.11 Å². The Bertz CT molecular complexity index is 466. The molecule has 3 N–H and O–H groups in total. The average Bonchev–Trinajstić information content (AvgIpc) is 2.35. The molecule has 18 heavy (non-hydrogen) atoms. The van der Waals surface area contributed by atoms with E-state index in [0.29, 0.717) is 17.0 Å². The standard InChI is InChI=1S/C12H15N3O3/c1-8(7-11(13)16)14-15-12(17)9-3-5-10(18-2)6-4-9/h3-6H,7H2,1-2H3,(H2,13,16)(H,15,17). The van der Waals surface area contributed by atoms with Crippen molar-refractivity contribution in [3.8, 4) is 5.75 Å². The third-order valence-corrected chi connectivity index (χ3v) is 2.13. The predicted octanol–water partition coefficient (Wildman–Crippen LogP) is 0.676. The third kappa shape index (κ3) is 4.25. The van der Waals surface area contributed by atoms with Gasteiger partial charge in [0.2, 0.25) is 5.91 Å². The first-order valence-electron chi connectivity index (χ1n) is 5.28. The molecule has 0 fully saturated rings. The summed E-state index contributed by atoms with van der Waals surface area (Å²) < 4.78 is 4.98. The van der Waals surface area contributed by atoms with Crippen LogP contribution in [0.2, 0.25) is 0 Å². The highest BCUT2D eigenvalue weighted by Gasteiger charge is 2.05. The third-order valence-electron chi connectivity index (χ3n) is 2.13. The topological polar surface area (TPSA) is 93.8 Å². The second kappa shape index (κ2) is 6.39. The summed E-state index contributed by atoms with van der Waals surface area (Å²) in [5.41, 5.74) is 8.24. The quantitative estimate of drug-likeness (QED) is 0.593. The van der Waals surface area contributed by atoms with Crippen LogP contribution in [0.3, 0.4) is 0 Å². The molecule has 0 spiro atoms. The van der Waals surface area contributed by atoms with E-state index < -0.39 is 5.91 Å². The maximum atomic E-state index is 11.7. The van der Waals surface area contributed by atoms with Gasteiger partial charge in [-0.05, 0) is 31.2 Å². The van der Waals surface area contributed by atoms with Gasteiger partial charge in [0.15, 0.2) is 0 Å². The molecule has 0 aromatic heterocycles. The van der Waals surface area contributed by atoms with Crippen LogP contribution in [0, 0.1) is 0 Å². The van der Waals surface area contributed by atoms with Crippen LogP contribution in [-0.2, 0) is 4.79 Å². The fourth-order valence-electron chi connectivity index (χ4n) is 1.24.